The van der Waals surface area contributed by atoms with Crippen LogP contribution in [0.5, 0.6) is 0 Å². The molecule has 0 radical (unpaired) electrons. The van der Waals surface area contributed by atoms with E-state index in [2.05, 4.69) is 16.0 Å². The van der Waals surface area contributed by atoms with Crippen LogP contribution < -0.4 is 10.2 Å². The summed E-state index contributed by atoms with van der Waals surface area (Å²) in [4.78, 5) is 38.9. The fourth-order valence-corrected chi connectivity index (χ4v) is 4.19. The molecule has 3 aromatic carbocycles. The minimum absolute atomic E-state index is 0.0442. The number of nitrogens with zero attached hydrogens (tertiary/aromatic N) is 2. The maximum Gasteiger partial charge on any atom is 0.335 e. The number of aromatic nitrogens is 1. The lowest BCUT2D eigenvalue weighted by molar-refractivity contribution is -0.122. The van der Waals surface area contributed by atoms with Gasteiger partial charge in [-0.2, -0.15) is 0 Å². The van der Waals surface area contributed by atoms with Gasteiger partial charge >= 0.3 is 6.03 Å². The van der Waals surface area contributed by atoms with E-state index in [1.165, 1.54) is 24.3 Å². The van der Waals surface area contributed by atoms with E-state index in [0.717, 1.165) is 33.0 Å². The molecule has 1 aliphatic rings. The third-order valence-corrected chi connectivity index (χ3v) is 5.72. The van der Waals surface area contributed by atoms with Crippen LogP contribution in [0.1, 0.15) is 16.7 Å². The fraction of sp³-hybridized carbons (Fsp3) is 0.0741. The number of fused-ring (bicyclic) bond motifs is 1. The minimum atomic E-state index is -0.917. The van der Waals surface area contributed by atoms with Crippen LogP contribution in [0.15, 0.2) is 84.6 Å². The van der Waals surface area contributed by atoms with Crippen molar-refractivity contribution in [1.29, 1.82) is 0 Å². The highest BCUT2D eigenvalue weighted by Gasteiger charge is 2.37. The second kappa shape index (κ2) is 8.44. The molecule has 0 atom stereocenters. The van der Waals surface area contributed by atoms with E-state index < -0.39 is 23.7 Å². The van der Waals surface area contributed by atoms with Crippen molar-refractivity contribution in [3.8, 4) is 0 Å². The van der Waals surface area contributed by atoms with Gasteiger partial charge < -0.3 is 4.57 Å². The lowest BCUT2D eigenvalue weighted by Gasteiger charge is -2.26. The van der Waals surface area contributed by atoms with Crippen molar-refractivity contribution in [3.05, 3.63) is 107 Å². The summed E-state index contributed by atoms with van der Waals surface area (Å²) in [6.45, 7) is 2.64. The highest BCUT2D eigenvalue weighted by Crippen LogP contribution is 2.27. The van der Waals surface area contributed by atoms with Crippen LogP contribution in [0.3, 0.4) is 0 Å². The van der Waals surface area contributed by atoms with Crippen molar-refractivity contribution in [2.24, 2.45) is 0 Å². The van der Waals surface area contributed by atoms with Gasteiger partial charge in [0.2, 0.25) is 0 Å². The molecule has 2 heterocycles. The largest absolute Gasteiger partial charge is 0.342 e. The van der Waals surface area contributed by atoms with Gasteiger partial charge in [-0.25, -0.2) is 14.1 Å². The molecule has 0 aliphatic carbocycles. The summed E-state index contributed by atoms with van der Waals surface area (Å²) in [6, 6.07) is 20.1. The molecule has 0 spiro atoms. The van der Waals surface area contributed by atoms with Gasteiger partial charge in [0.25, 0.3) is 11.8 Å². The monoisotopic (exact) mass is 453 g/mol. The first-order valence-corrected chi connectivity index (χ1v) is 10.7. The smallest absolute Gasteiger partial charge is 0.335 e. The number of barbiturate groups is 1. The van der Waals surface area contributed by atoms with Crippen LogP contribution >= 0.6 is 0 Å². The number of amides is 4. The Morgan fingerprint density at radius 1 is 0.941 bits per heavy atom. The molecule has 5 rings (SSSR count). The number of rotatable bonds is 4. The van der Waals surface area contributed by atoms with E-state index in [-0.39, 0.29) is 11.3 Å². The zero-order valence-electron chi connectivity index (χ0n) is 18.3. The summed E-state index contributed by atoms with van der Waals surface area (Å²) in [7, 11) is 0. The number of nitrogens with one attached hydrogen (secondary N) is 1. The summed E-state index contributed by atoms with van der Waals surface area (Å²) < 4.78 is 15.8. The molecule has 34 heavy (non-hydrogen) atoms. The molecular formula is C27H20FN3O3. The molecule has 1 aromatic heterocycles. The van der Waals surface area contributed by atoms with Crippen molar-refractivity contribution in [3.63, 3.8) is 0 Å². The number of halogens is 1. The summed E-state index contributed by atoms with van der Waals surface area (Å²) in [5.41, 5.74) is 3.72. The van der Waals surface area contributed by atoms with Crippen LogP contribution in [0.25, 0.3) is 17.0 Å². The number of anilines is 1. The summed E-state index contributed by atoms with van der Waals surface area (Å²) in [5, 5.41) is 3.04. The van der Waals surface area contributed by atoms with Crippen molar-refractivity contribution >= 4 is 40.5 Å². The maximum atomic E-state index is 13.7. The number of hydrogen-bond acceptors (Lipinski definition) is 3. The Morgan fingerprint density at radius 2 is 1.74 bits per heavy atom. The number of hydrogen-bond donors (Lipinski definition) is 1. The topological polar surface area (TPSA) is 71.4 Å². The van der Waals surface area contributed by atoms with Crippen LogP contribution in [0.2, 0.25) is 0 Å². The molecule has 1 N–H and O–H groups in total. The normalized spacial score (nSPS) is 15.3. The van der Waals surface area contributed by atoms with E-state index in [9.17, 15) is 18.8 Å². The van der Waals surface area contributed by atoms with Gasteiger partial charge in [0.15, 0.2) is 0 Å². The van der Waals surface area contributed by atoms with Crippen LogP contribution in [0.4, 0.5) is 14.9 Å². The predicted octanol–water partition coefficient (Wildman–Crippen LogP) is 4.80. The number of carbonyl (C=O) groups is 3. The standard InChI is InChI=1S/C27H20FN3O3/c1-17-6-4-7-18(12-17)15-30-16-19(22-10-2-3-11-24(22)30)13-23-25(32)29-27(34)31(26(23)33)21-9-5-8-20(28)14-21/h2-14,16H,15H2,1H3,(H,29,32,34)/b23-13+. The molecule has 0 bridgehead atoms. The summed E-state index contributed by atoms with van der Waals surface area (Å²) in [5.74, 6) is -2.20. The predicted molar refractivity (Wildman–Crippen MR) is 128 cm³/mol. The number of urea groups is 1. The van der Waals surface area contributed by atoms with Crippen LogP contribution in [-0.4, -0.2) is 22.4 Å². The van der Waals surface area contributed by atoms with Crippen molar-refractivity contribution in [2.45, 2.75) is 13.5 Å². The number of carbonyl (C=O) groups excluding carboxylic acids is 3. The average molecular weight is 453 g/mol. The van der Waals surface area contributed by atoms with Gasteiger partial charge in [-0.05, 0) is 42.8 Å². The molecule has 0 saturated carbocycles. The number of benzene rings is 3. The first-order valence-electron chi connectivity index (χ1n) is 10.7. The average Bonchev–Trinajstić information content (AvgIpc) is 3.14. The molecule has 7 heteroatoms. The van der Waals surface area contributed by atoms with Crippen molar-refractivity contribution in [2.75, 3.05) is 4.90 Å². The quantitative estimate of drug-likeness (QED) is 0.356. The maximum absolute atomic E-state index is 13.7. The number of imide groups is 2. The third kappa shape index (κ3) is 3.88. The Balaban J connectivity index is 1.57. The van der Waals surface area contributed by atoms with Crippen LogP contribution in [0, 0.1) is 12.7 Å². The number of aryl methyl sites for hydroxylation is 1. The highest BCUT2D eigenvalue weighted by molar-refractivity contribution is 6.39. The Labute approximate surface area is 194 Å². The van der Waals surface area contributed by atoms with Gasteiger partial charge in [-0.15, -0.1) is 0 Å². The first-order chi connectivity index (χ1) is 16.4. The summed E-state index contributed by atoms with van der Waals surface area (Å²) >= 11 is 0. The molecule has 4 amide bonds. The highest BCUT2D eigenvalue weighted by atomic mass is 19.1. The van der Waals surface area contributed by atoms with Crippen molar-refractivity contribution in [1.82, 2.24) is 9.88 Å². The van der Waals surface area contributed by atoms with Crippen molar-refractivity contribution < 1.29 is 18.8 Å². The molecule has 1 aliphatic heterocycles. The fourth-order valence-electron chi connectivity index (χ4n) is 4.19. The van der Waals surface area contributed by atoms with Gasteiger partial charge in [-0.1, -0.05) is 54.1 Å². The van der Waals surface area contributed by atoms with E-state index in [4.69, 9.17) is 0 Å². The Morgan fingerprint density at radius 3 is 2.53 bits per heavy atom. The second-order valence-corrected chi connectivity index (χ2v) is 8.16. The van der Waals surface area contributed by atoms with Gasteiger partial charge in [0, 0.05) is 29.2 Å². The molecular weight excluding hydrogens is 433 g/mol. The van der Waals surface area contributed by atoms with E-state index in [1.54, 1.807) is 0 Å². The lowest BCUT2D eigenvalue weighted by Crippen LogP contribution is -2.54. The molecule has 168 valence electrons. The second-order valence-electron chi connectivity index (χ2n) is 8.16. The molecule has 4 aromatic rings. The minimum Gasteiger partial charge on any atom is -0.342 e. The van der Waals surface area contributed by atoms with Gasteiger partial charge in [-0.3, -0.25) is 14.9 Å². The third-order valence-electron chi connectivity index (χ3n) is 5.72. The first kappa shape index (κ1) is 21.3. The van der Waals surface area contributed by atoms with Gasteiger partial charge in [0.05, 0.1) is 5.69 Å². The lowest BCUT2D eigenvalue weighted by atomic mass is 10.1. The van der Waals surface area contributed by atoms with Crippen LogP contribution in [-0.2, 0) is 16.1 Å². The molecule has 6 nitrogen and oxygen atoms in total. The Kier molecular flexibility index (Phi) is 5.30. The Hall–Kier alpha value is -4.52. The number of para-hydroxylation sites is 1. The van der Waals surface area contributed by atoms with Gasteiger partial charge in [0.1, 0.15) is 11.4 Å². The zero-order chi connectivity index (χ0) is 23.8. The van der Waals surface area contributed by atoms with E-state index >= 15 is 0 Å². The Bertz CT molecular complexity index is 1500. The molecule has 0 unspecified atom stereocenters. The van der Waals surface area contributed by atoms with E-state index in [0.29, 0.717) is 12.1 Å². The molecule has 1 saturated heterocycles. The zero-order valence-corrected chi connectivity index (χ0v) is 18.3. The van der Waals surface area contributed by atoms with E-state index in [1.807, 2.05) is 55.6 Å². The summed E-state index contributed by atoms with van der Waals surface area (Å²) in [6.07, 6.45) is 3.36. The SMILES string of the molecule is Cc1cccc(Cn2cc(/C=C3\C(=O)NC(=O)N(c4cccc(F)c4)C3=O)c3ccccc32)c1. The molecule has 1 fully saturated rings.